The Balaban J connectivity index is 2.21. The summed E-state index contributed by atoms with van der Waals surface area (Å²) < 4.78 is 0. The van der Waals surface area contributed by atoms with Gasteiger partial charge in [-0.2, -0.15) is 0 Å². The molecule has 3 rings (SSSR count). The van der Waals surface area contributed by atoms with Gasteiger partial charge in [0.15, 0.2) is 0 Å². The molecule has 94 valence electrons. The molecule has 0 fully saturated rings. The molecule has 0 saturated heterocycles. The molecule has 19 heavy (non-hydrogen) atoms. The topological polar surface area (TPSA) is 38.1 Å². The quantitative estimate of drug-likeness (QED) is 0.772. The van der Waals surface area contributed by atoms with E-state index in [4.69, 9.17) is 0 Å². The number of hydrogen-bond donors (Lipinski definition) is 0. The second-order valence-electron chi connectivity index (χ2n) is 4.19. The van der Waals surface area contributed by atoms with E-state index < -0.39 is 0 Å². The minimum absolute atomic E-state index is 0.777. The average molecular weight is 267 g/mol. The second-order valence-corrected chi connectivity index (χ2v) is 5.11. The first-order valence-electron chi connectivity index (χ1n) is 6.09. The predicted molar refractivity (Wildman–Crippen MR) is 81.4 cm³/mol. The van der Waals surface area contributed by atoms with Crippen molar-refractivity contribution < 1.29 is 0 Å². The fourth-order valence-electron chi connectivity index (χ4n) is 2.03. The van der Waals surface area contributed by atoms with Gasteiger partial charge in [0.25, 0.3) is 0 Å². The number of thioether (sulfide) groups is 1. The van der Waals surface area contributed by atoms with E-state index in [1.165, 1.54) is 4.90 Å². The molecule has 0 saturated carbocycles. The molecule has 1 aliphatic rings. The third-order valence-electron chi connectivity index (χ3n) is 2.83. The molecule has 1 aromatic carbocycles. The van der Waals surface area contributed by atoms with Crippen LogP contribution < -0.4 is 0 Å². The molecule has 0 spiro atoms. The summed E-state index contributed by atoms with van der Waals surface area (Å²) in [6.07, 6.45) is 5.66. The van der Waals surface area contributed by atoms with Gasteiger partial charge >= 0.3 is 0 Å². The van der Waals surface area contributed by atoms with Crippen LogP contribution in [0.25, 0.3) is 16.6 Å². The molecule has 2 heterocycles. The van der Waals surface area contributed by atoms with Crippen molar-refractivity contribution in [3.8, 4) is 0 Å². The maximum Gasteiger partial charge on any atom is 0.126 e. The maximum absolute atomic E-state index is 4.56. The Kier molecular flexibility index (Phi) is 3.17. The summed E-state index contributed by atoms with van der Waals surface area (Å²) in [7, 11) is 0. The third kappa shape index (κ3) is 2.19. The Bertz CT molecular complexity index is 729. The summed E-state index contributed by atoms with van der Waals surface area (Å²) >= 11 is 1.67. The van der Waals surface area contributed by atoms with Crippen LogP contribution in [0.4, 0.5) is 0 Å². The number of allylic oxidation sites excluding steroid dienone is 2. The van der Waals surface area contributed by atoms with E-state index in [1.807, 2.05) is 43.5 Å². The monoisotopic (exact) mass is 267 g/mol. The molecule has 0 atom stereocenters. The van der Waals surface area contributed by atoms with Gasteiger partial charge in [-0.25, -0.2) is 9.97 Å². The first-order chi connectivity index (χ1) is 9.29. The van der Waals surface area contributed by atoms with Gasteiger partial charge in [0.05, 0.1) is 11.2 Å². The molecule has 1 aromatic heterocycles. The Labute approximate surface area is 116 Å². The predicted octanol–water partition coefficient (Wildman–Crippen LogP) is 3.99. The van der Waals surface area contributed by atoms with Crippen LogP contribution in [-0.4, -0.2) is 16.2 Å². The van der Waals surface area contributed by atoms with Gasteiger partial charge < -0.3 is 0 Å². The van der Waals surface area contributed by atoms with Crippen molar-refractivity contribution in [2.24, 2.45) is 4.99 Å². The Morgan fingerprint density at radius 3 is 3.00 bits per heavy atom. The number of hydrogen-bond acceptors (Lipinski definition) is 4. The van der Waals surface area contributed by atoms with Gasteiger partial charge in [0, 0.05) is 21.9 Å². The molecule has 4 heteroatoms. The lowest BCUT2D eigenvalue weighted by molar-refractivity contribution is 1.07. The van der Waals surface area contributed by atoms with E-state index in [2.05, 4.69) is 21.0 Å². The minimum atomic E-state index is 0.777. The number of aliphatic imine (C=N–C) groups is 1. The van der Waals surface area contributed by atoms with Crippen molar-refractivity contribution in [1.82, 2.24) is 9.97 Å². The normalized spacial score (nSPS) is 14.5. The molecule has 0 radical (unpaired) electrons. The lowest BCUT2D eigenvalue weighted by Gasteiger charge is -2.14. The highest BCUT2D eigenvalue weighted by Gasteiger charge is 2.17. The Morgan fingerprint density at radius 1 is 1.26 bits per heavy atom. The van der Waals surface area contributed by atoms with E-state index in [1.54, 1.807) is 18.0 Å². The Hall–Kier alpha value is -1.94. The first-order valence-corrected chi connectivity index (χ1v) is 6.97. The van der Waals surface area contributed by atoms with Crippen LogP contribution in [0.2, 0.25) is 0 Å². The van der Waals surface area contributed by atoms with Crippen molar-refractivity contribution >= 4 is 34.6 Å². The van der Waals surface area contributed by atoms with Gasteiger partial charge in [0.2, 0.25) is 0 Å². The second kappa shape index (κ2) is 4.97. The first kappa shape index (κ1) is 12.1. The maximum atomic E-state index is 4.56. The van der Waals surface area contributed by atoms with Gasteiger partial charge in [0.1, 0.15) is 11.5 Å². The van der Waals surface area contributed by atoms with Gasteiger partial charge in [-0.1, -0.05) is 23.9 Å². The van der Waals surface area contributed by atoms with Gasteiger partial charge in [-0.3, -0.25) is 4.99 Å². The van der Waals surface area contributed by atoms with Gasteiger partial charge in [-0.05, 0) is 32.1 Å². The summed E-state index contributed by atoms with van der Waals surface area (Å²) in [6, 6.07) is 6.15. The number of rotatable bonds is 2. The summed E-state index contributed by atoms with van der Waals surface area (Å²) in [4.78, 5) is 14.7. The summed E-state index contributed by atoms with van der Waals surface area (Å²) in [5.74, 6) is 0.777. The molecule has 3 nitrogen and oxygen atoms in total. The zero-order chi connectivity index (χ0) is 13.2. The molecule has 0 unspecified atom stereocenters. The van der Waals surface area contributed by atoms with Crippen molar-refractivity contribution in [2.75, 3.05) is 0 Å². The molecule has 2 aromatic rings. The van der Waals surface area contributed by atoms with Crippen LogP contribution in [0.1, 0.15) is 18.4 Å². The zero-order valence-electron chi connectivity index (χ0n) is 10.8. The molecule has 0 aliphatic carbocycles. The standard InChI is InChI=1S/C15H13N3S/c1-3-4-8-16-12-9-19-13-7-5-6-11-14(13)15(12)18-10(2)17-11/h3-9H,1-2H3/b4-3-,16-8?. The van der Waals surface area contributed by atoms with Crippen LogP contribution in [0.15, 0.2) is 45.6 Å². The van der Waals surface area contributed by atoms with Gasteiger partial charge in [-0.15, -0.1) is 0 Å². The highest BCUT2D eigenvalue weighted by Crippen LogP contribution is 2.39. The fourth-order valence-corrected chi connectivity index (χ4v) is 2.91. The van der Waals surface area contributed by atoms with E-state index in [0.717, 1.165) is 28.1 Å². The highest BCUT2D eigenvalue weighted by molar-refractivity contribution is 8.02. The molecule has 0 N–H and O–H groups in total. The lowest BCUT2D eigenvalue weighted by Crippen LogP contribution is -2.00. The van der Waals surface area contributed by atoms with Crippen LogP contribution in [-0.2, 0) is 0 Å². The van der Waals surface area contributed by atoms with E-state index >= 15 is 0 Å². The van der Waals surface area contributed by atoms with Crippen LogP contribution in [0.3, 0.4) is 0 Å². The molecular weight excluding hydrogens is 254 g/mol. The Morgan fingerprint density at radius 2 is 2.16 bits per heavy atom. The number of aryl methyl sites for hydroxylation is 1. The summed E-state index contributed by atoms with van der Waals surface area (Å²) in [5.41, 5.74) is 2.81. The largest absolute Gasteiger partial charge is 0.254 e. The van der Waals surface area contributed by atoms with Crippen molar-refractivity contribution in [1.29, 1.82) is 0 Å². The van der Waals surface area contributed by atoms with Crippen LogP contribution >= 0.6 is 11.8 Å². The van der Waals surface area contributed by atoms with Crippen molar-refractivity contribution in [3.63, 3.8) is 0 Å². The molecule has 1 aliphatic heterocycles. The molecule has 0 bridgehead atoms. The van der Waals surface area contributed by atoms with Crippen LogP contribution in [0, 0.1) is 6.92 Å². The average Bonchev–Trinajstić information content (AvgIpc) is 2.41. The van der Waals surface area contributed by atoms with Crippen molar-refractivity contribution in [2.45, 2.75) is 18.7 Å². The van der Waals surface area contributed by atoms with E-state index in [9.17, 15) is 0 Å². The third-order valence-corrected chi connectivity index (χ3v) is 3.76. The minimum Gasteiger partial charge on any atom is -0.254 e. The smallest absolute Gasteiger partial charge is 0.126 e. The lowest BCUT2D eigenvalue weighted by atomic mass is 10.1. The zero-order valence-corrected chi connectivity index (χ0v) is 11.6. The van der Waals surface area contributed by atoms with Crippen molar-refractivity contribution in [3.05, 3.63) is 47.3 Å². The SMILES string of the molecule is C/C=C\C=NC1=CSc2cccc3nc(C)nc1c23. The number of nitrogens with zero attached hydrogens (tertiary/aromatic N) is 3. The highest BCUT2D eigenvalue weighted by atomic mass is 32.2. The fraction of sp³-hybridized carbons (Fsp3) is 0.133. The van der Waals surface area contributed by atoms with Crippen LogP contribution in [0.5, 0.6) is 0 Å². The van der Waals surface area contributed by atoms with E-state index in [-0.39, 0.29) is 0 Å². The number of aromatic nitrogens is 2. The molecular formula is C15H13N3S. The molecule has 0 amide bonds. The summed E-state index contributed by atoms with van der Waals surface area (Å²) in [5, 5.41) is 3.15. The number of benzene rings is 1. The van der Waals surface area contributed by atoms with E-state index in [0.29, 0.717) is 0 Å². The summed E-state index contributed by atoms with van der Waals surface area (Å²) in [6.45, 7) is 3.88.